The topological polar surface area (TPSA) is 58.9 Å². The fraction of sp³-hybridized carbons (Fsp3) is 0.368. The molecule has 0 bridgehead atoms. The molecule has 2 aromatic rings. The first-order chi connectivity index (χ1) is 11.6. The second-order valence-corrected chi connectivity index (χ2v) is 7.09. The van der Waals surface area contributed by atoms with E-state index in [-0.39, 0.29) is 11.2 Å². The molecular formula is C19H22O4S. The van der Waals surface area contributed by atoms with Gasteiger partial charge < -0.3 is 19.7 Å². The molecule has 1 aliphatic rings. The van der Waals surface area contributed by atoms with E-state index in [0.29, 0.717) is 5.75 Å². The lowest BCUT2D eigenvalue weighted by Crippen LogP contribution is -2.33. The molecule has 3 rings (SSSR count). The minimum atomic E-state index is -0.746. The molecule has 0 saturated carbocycles. The van der Waals surface area contributed by atoms with Gasteiger partial charge in [-0.15, -0.1) is 0 Å². The highest BCUT2D eigenvalue weighted by atomic mass is 32.2. The van der Waals surface area contributed by atoms with Crippen molar-refractivity contribution >= 4 is 11.8 Å². The molecule has 0 aromatic heterocycles. The number of ether oxygens (including phenoxy) is 2. The molecule has 24 heavy (non-hydrogen) atoms. The third kappa shape index (κ3) is 3.38. The molecule has 0 radical (unpaired) electrons. The van der Waals surface area contributed by atoms with Gasteiger partial charge in [0.15, 0.2) is 0 Å². The van der Waals surface area contributed by atoms with Gasteiger partial charge in [-0.3, -0.25) is 0 Å². The highest BCUT2D eigenvalue weighted by Gasteiger charge is 2.40. The summed E-state index contributed by atoms with van der Waals surface area (Å²) in [5.41, 5.74) is 2.18. The number of thioether (sulfide) groups is 1. The van der Waals surface area contributed by atoms with Crippen molar-refractivity contribution in [3.8, 4) is 11.5 Å². The zero-order chi connectivity index (χ0) is 17.1. The maximum Gasteiger partial charge on any atom is 0.118 e. The van der Waals surface area contributed by atoms with E-state index in [4.69, 9.17) is 9.47 Å². The first-order valence-corrected chi connectivity index (χ1v) is 8.94. The highest BCUT2D eigenvalue weighted by Crippen LogP contribution is 2.42. The lowest BCUT2D eigenvalue weighted by Gasteiger charge is -2.27. The van der Waals surface area contributed by atoms with Crippen LogP contribution in [0.25, 0.3) is 0 Å². The summed E-state index contributed by atoms with van der Waals surface area (Å²) in [5.74, 6) is 2.13. The largest absolute Gasteiger partial charge is 0.497 e. The van der Waals surface area contributed by atoms with Crippen LogP contribution < -0.4 is 9.47 Å². The van der Waals surface area contributed by atoms with Gasteiger partial charge in [0.2, 0.25) is 0 Å². The van der Waals surface area contributed by atoms with Crippen LogP contribution in [0.4, 0.5) is 0 Å². The average Bonchev–Trinajstić information content (AvgIpc) is 2.96. The predicted octanol–water partition coefficient (Wildman–Crippen LogP) is 2.67. The van der Waals surface area contributed by atoms with Crippen LogP contribution in [0, 0.1) is 0 Å². The Morgan fingerprint density at radius 1 is 0.875 bits per heavy atom. The SMILES string of the molecule is COc1ccc(C(c2ccc(OC)cc2)[C@H]2SC[C@@H](O)[C@@H]2O)cc1. The van der Waals surface area contributed by atoms with E-state index in [0.717, 1.165) is 22.6 Å². The zero-order valence-corrected chi connectivity index (χ0v) is 14.6. The molecule has 0 aliphatic carbocycles. The van der Waals surface area contributed by atoms with Gasteiger partial charge in [-0.05, 0) is 35.4 Å². The summed E-state index contributed by atoms with van der Waals surface area (Å²) in [5, 5.41) is 20.3. The second-order valence-electron chi connectivity index (χ2n) is 5.88. The lowest BCUT2D eigenvalue weighted by molar-refractivity contribution is 0.0396. The number of aliphatic hydroxyl groups excluding tert-OH is 2. The lowest BCUT2D eigenvalue weighted by atomic mass is 9.85. The van der Waals surface area contributed by atoms with Gasteiger partial charge in [0.05, 0.1) is 26.4 Å². The minimum absolute atomic E-state index is 0.0148. The van der Waals surface area contributed by atoms with Gasteiger partial charge >= 0.3 is 0 Å². The molecule has 5 heteroatoms. The Hall–Kier alpha value is -1.69. The first-order valence-electron chi connectivity index (χ1n) is 7.89. The number of methoxy groups -OCH3 is 2. The van der Waals surface area contributed by atoms with E-state index >= 15 is 0 Å². The van der Waals surface area contributed by atoms with E-state index in [1.807, 2.05) is 48.5 Å². The van der Waals surface area contributed by atoms with Crippen molar-refractivity contribution in [1.29, 1.82) is 0 Å². The van der Waals surface area contributed by atoms with Crippen molar-refractivity contribution in [1.82, 2.24) is 0 Å². The number of rotatable bonds is 5. The maximum absolute atomic E-state index is 10.4. The summed E-state index contributed by atoms with van der Waals surface area (Å²) in [6, 6.07) is 15.8. The Morgan fingerprint density at radius 2 is 1.33 bits per heavy atom. The third-order valence-corrected chi connectivity index (χ3v) is 5.94. The molecule has 0 amide bonds. The van der Waals surface area contributed by atoms with Crippen LogP contribution in [0.15, 0.2) is 48.5 Å². The zero-order valence-electron chi connectivity index (χ0n) is 13.8. The molecule has 1 aliphatic heterocycles. The quantitative estimate of drug-likeness (QED) is 0.872. The molecule has 3 atom stereocenters. The molecule has 4 nitrogen and oxygen atoms in total. The predicted molar refractivity (Wildman–Crippen MR) is 96.1 cm³/mol. The minimum Gasteiger partial charge on any atom is -0.497 e. The summed E-state index contributed by atoms with van der Waals surface area (Å²) < 4.78 is 10.5. The van der Waals surface area contributed by atoms with Crippen molar-refractivity contribution < 1.29 is 19.7 Å². The van der Waals surface area contributed by atoms with Gasteiger partial charge in [0.25, 0.3) is 0 Å². The van der Waals surface area contributed by atoms with Crippen LogP contribution in [-0.4, -0.2) is 47.6 Å². The molecule has 1 fully saturated rings. The molecule has 128 valence electrons. The third-order valence-electron chi connectivity index (χ3n) is 4.47. The molecular weight excluding hydrogens is 324 g/mol. The molecule has 0 spiro atoms. The highest BCUT2D eigenvalue weighted by molar-refractivity contribution is 8.00. The first kappa shape index (κ1) is 17.1. The van der Waals surface area contributed by atoms with Crippen molar-refractivity contribution in [2.75, 3.05) is 20.0 Å². The van der Waals surface area contributed by atoms with Crippen molar-refractivity contribution in [2.45, 2.75) is 23.4 Å². The summed E-state index contributed by atoms with van der Waals surface area (Å²) in [6.45, 7) is 0. The molecule has 0 unspecified atom stereocenters. The monoisotopic (exact) mass is 346 g/mol. The van der Waals surface area contributed by atoms with E-state index < -0.39 is 12.2 Å². The number of hydrogen-bond acceptors (Lipinski definition) is 5. The summed E-state index contributed by atoms with van der Waals surface area (Å²) in [4.78, 5) is 0. The van der Waals surface area contributed by atoms with E-state index in [2.05, 4.69) is 0 Å². The summed E-state index contributed by atoms with van der Waals surface area (Å²) >= 11 is 1.61. The van der Waals surface area contributed by atoms with Gasteiger partial charge in [0.1, 0.15) is 11.5 Å². The molecule has 2 aromatic carbocycles. The van der Waals surface area contributed by atoms with Crippen LogP contribution in [-0.2, 0) is 0 Å². The number of aliphatic hydroxyl groups is 2. The van der Waals surface area contributed by atoms with Crippen LogP contribution in [0.2, 0.25) is 0 Å². The van der Waals surface area contributed by atoms with Crippen LogP contribution >= 0.6 is 11.8 Å². The van der Waals surface area contributed by atoms with Crippen LogP contribution in [0.3, 0.4) is 0 Å². The average molecular weight is 346 g/mol. The van der Waals surface area contributed by atoms with Gasteiger partial charge in [-0.25, -0.2) is 0 Å². The van der Waals surface area contributed by atoms with Crippen LogP contribution in [0.5, 0.6) is 11.5 Å². The Kier molecular flexibility index (Phi) is 5.33. The smallest absolute Gasteiger partial charge is 0.118 e. The summed E-state index contributed by atoms with van der Waals surface area (Å²) in [7, 11) is 3.28. The Balaban J connectivity index is 1.98. The van der Waals surface area contributed by atoms with Crippen molar-refractivity contribution in [3.05, 3.63) is 59.7 Å². The standard InChI is InChI=1S/C19H22O4S/c1-22-14-7-3-12(4-8-14)17(19-18(21)16(20)11-24-19)13-5-9-15(23-2)10-6-13/h3-10,16-21H,11H2,1-2H3/t16-,18+,19-/m1/s1. The van der Waals surface area contributed by atoms with E-state index in [1.165, 1.54) is 0 Å². The van der Waals surface area contributed by atoms with Crippen molar-refractivity contribution in [2.24, 2.45) is 0 Å². The second kappa shape index (κ2) is 7.47. The fourth-order valence-corrected chi connectivity index (χ4v) is 4.62. The van der Waals surface area contributed by atoms with Crippen LogP contribution in [0.1, 0.15) is 17.0 Å². The van der Waals surface area contributed by atoms with Gasteiger partial charge in [0, 0.05) is 16.9 Å². The maximum atomic E-state index is 10.4. The van der Waals surface area contributed by atoms with E-state index in [1.54, 1.807) is 26.0 Å². The van der Waals surface area contributed by atoms with Crippen molar-refractivity contribution in [3.63, 3.8) is 0 Å². The molecule has 2 N–H and O–H groups in total. The summed E-state index contributed by atoms with van der Waals surface area (Å²) in [6.07, 6.45) is -1.43. The fourth-order valence-electron chi connectivity index (χ4n) is 3.11. The van der Waals surface area contributed by atoms with Gasteiger partial charge in [-0.2, -0.15) is 11.8 Å². The number of hydrogen-bond donors (Lipinski definition) is 2. The van der Waals surface area contributed by atoms with Gasteiger partial charge in [-0.1, -0.05) is 24.3 Å². The Morgan fingerprint density at radius 3 is 1.67 bits per heavy atom. The normalized spacial score (nSPS) is 23.5. The molecule has 1 heterocycles. The number of benzene rings is 2. The van der Waals surface area contributed by atoms with E-state index in [9.17, 15) is 10.2 Å². The Bertz CT molecular complexity index is 609. The Labute approximate surface area is 146 Å². The molecule has 1 saturated heterocycles.